The lowest BCUT2D eigenvalue weighted by molar-refractivity contribution is -0.118. The monoisotopic (exact) mass is 287 g/mol. The fraction of sp³-hybridized carbons (Fsp3) is 0.500. The number of benzene rings is 1. The van der Waals surface area contributed by atoms with E-state index in [0.29, 0.717) is 6.61 Å². The van der Waals surface area contributed by atoms with Crippen molar-refractivity contribution in [1.29, 1.82) is 0 Å². The molecule has 2 aromatic rings. The van der Waals surface area contributed by atoms with E-state index in [-0.39, 0.29) is 18.2 Å². The van der Waals surface area contributed by atoms with Crippen LogP contribution in [-0.2, 0) is 9.47 Å². The van der Waals surface area contributed by atoms with Gasteiger partial charge in [-0.05, 0) is 31.9 Å². The topological polar surface area (TPSA) is 56.3 Å². The average Bonchev–Trinajstić information content (AvgIpc) is 2.47. The number of hydrogen-bond donors (Lipinski definition) is 1. The fourth-order valence-corrected chi connectivity index (χ4v) is 2.94. The number of hydrogen-bond acceptors (Lipinski definition) is 5. The average molecular weight is 287 g/mol. The van der Waals surface area contributed by atoms with E-state index in [4.69, 9.17) is 9.47 Å². The molecule has 0 spiro atoms. The molecule has 1 N–H and O–H groups in total. The van der Waals surface area contributed by atoms with Gasteiger partial charge in [-0.25, -0.2) is 9.97 Å². The summed E-state index contributed by atoms with van der Waals surface area (Å²) in [4.78, 5) is 8.76. The molecule has 3 rings (SSSR count). The number of para-hydroxylation sites is 1. The maximum atomic E-state index is 5.66. The van der Waals surface area contributed by atoms with E-state index in [2.05, 4.69) is 28.3 Å². The van der Waals surface area contributed by atoms with Gasteiger partial charge in [-0.2, -0.15) is 0 Å². The first-order chi connectivity index (χ1) is 10.2. The third kappa shape index (κ3) is 2.59. The molecule has 1 saturated carbocycles. The van der Waals surface area contributed by atoms with Crippen molar-refractivity contribution in [2.45, 2.75) is 38.5 Å². The van der Waals surface area contributed by atoms with E-state index < -0.39 is 0 Å². The third-order valence-electron chi connectivity index (χ3n) is 4.09. The molecule has 0 bridgehead atoms. The third-order valence-corrected chi connectivity index (χ3v) is 4.09. The highest BCUT2D eigenvalue weighted by Crippen LogP contribution is 2.31. The Balaban J connectivity index is 1.81. The van der Waals surface area contributed by atoms with Gasteiger partial charge in [-0.1, -0.05) is 12.1 Å². The van der Waals surface area contributed by atoms with Crippen LogP contribution in [0.5, 0.6) is 0 Å². The number of anilines is 1. The van der Waals surface area contributed by atoms with Crippen molar-refractivity contribution in [3.63, 3.8) is 0 Å². The highest BCUT2D eigenvalue weighted by molar-refractivity contribution is 5.90. The number of methoxy groups -OCH3 is 1. The summed E-state index contributed by atoms with van der Waals surface area (Å²) in [6, 6.07) is 6.37. The summed E-state index contributed by atoms with van der Waals surface area (Å²) < 4.78 is 11.2. The van der Waals surface area contributed by atoms with Crippen molar-refractivity contribution >= 4 is 16.7 Å². The Bertz CT molecular complexity index is 632. The highest BCUT2D eigenvalue weighted by atomic mass is 16.5. The normalized spacial score (nSPS) is 24.8. The van der Waals surface area contributed by atoms with Crippen molar-refractivity contribution in [2.75, 3.05) is 19.0 Å². The van der Waals surface area contributed by atoms with E-state index in [1.54, 1.807) is 13.4 Å². The molecule has 1 aromatic carbocycles. The van der Waals surface area contributed by atoms with Crippen LogP contribution in [0.15, 0.2) is 24.5 Å². The molecule has 5 heteroatoms. The number of aryl methyl sites for hydroxylation is 1. The van der Waals surface area contributed by atoms with Crippen LogP contribution in [0.2, 0.25) is 0 Å². The molecule has 0 radical (unpaired) electrons. The zero-order valence-corrected chi connectivity index (χ0v) is 12.7. The first-order valence-corrected chi connectivity index (χ1v) is 7.35. The van der Waals surface area contributed by atoms with Gasteiger partial charge < -0.3 is 14.8 Å². The van der Waals surface area contributed by atoms with Crippen LogP contribution in [0.3, 0.4) is 0 Å². The van der Waals surface area contributed by atoms with Gasteiger partial charge in [0.2, 0.25) is 0 Å². The first kappa shape index (κ1) is 14.2. The van der Waals surface area contributed by atoms with Crippen molar-refractivity contribution in [3.8, 4) is 0 Å². The van der Waals surface area contributed by atoms with Crippen LogP contribution in [0.4, 0.5) is 5.82 Å². The van der Waals surface area contributed by atoms with E-state index in [9.17, 15) is 0 Å². The van der Waals surface area contributed by atoms with Crippen molar-refractivity contribution in [2.24, 2.45) is 0 Å². The van der Waals surface area contributed by atoms with Crippen molar-refractivity contribution in [3.05, 3.63) is 30.1 Å². The second-order valence-electron chi connectivity index (χ2n) is 5.37. The van der Waals surface area contributed by atoms with Gasteiger partial charge in [0.05, 0.1) is 17.7 Å². The van der Waals surface area contributed by atoms with Gasteiger partial charge >= 0.3 is 0 Å². The van der Waals surface area contributed by atoms with Crippen LogP contribution >= 0.6 is 0 Å². The van der Waals surface area contributed by atoms with Gasteiger partial charge in [0, 0.05) is 19.1 Å². The van der Waals surface area contributed by atoms with Crippen LogP contribution in [-0.4, -0.2) is 41.9 Å². The molecule has 1 aliphatic rings. The Labute approximate surface area is 124 Å². The van der Waals surface area contributed by atoms with E-state index in [1.165, 1.54) is 0 Å². The lowest BCUT2D eigenvalue weighted by Crippen LogP contribution is -2.56. The molecule has 3 atom stereocenters. The largest absolute Gasteiger partial charge is 0.377 e. The van der Waals surface area contributed by atoms with Gasteiger partial charge in [0.1, 0.15) is 18.2 Å². The first-order valence-electron chi connectivity index (χ1n) is 7.35. The second kappa shape index (κ2) is 5.95. The van der Waals surface area contributed by atoms with Crippen LogP contribution in [0.1, 0.15) is 18.9 Å². The lowest BCUT2D eigenvalue weighted by Gasteiger charge is -2.43. The summed E-state index contributed by atoms with van der Waals surface area (Å²) in [6.45, 7) is 4.78. The molecule has 3 unspecified atom stereocenters. The maximum absolute atomic E-state index is 5.66. The lowest BCUT2D eigenvalue weighted by atomic mass is 9.85. The van der Waals surface area contributed by atoms with Crippen LogP contribution in [0, 0.1) is 6.92 Å². The summed E-state index contributed by atoms with van der Waals surface area (Å²) >= 11 is 0. The molecule has 1 aromatic heterocycles. The predicted molar refractivity (Wildman–Crippen MR) is 82.5 cm³/mol. The molecule has 1 aliphatic carbocycles. The van der Waals surface area contributed by atoms with Crippen LogP contribution < -0.4 is 5.32 Å². The number of nitrogens with one attached hydrogen (secondary N) is 1. The Morgan fingerprint density at radius 1 is 1.33 bits per heavy atom. The van der Waals surface area contributed by atoms with E-state index in [1.807, 2.05) is 19.1 Å². The molecule has 1 fully saturated rings. The standard InChI is InChI=1S/C16H21N3O2/c1-4-21-13-8-12(15(13)20-3)19-16-11-7-5-6-10(2)14(11)17-9-18-16/h5-7,9,12-13,15H,4,8H2,1-3H3,(H,17,18,19). The molecular formula is C16H21N3O2. The molecule has 21 heavy (non-hydrogen) atoms. The number of rotatable bonds is 5. The molecule has 0 amide bonds. The Morgan fingerprint density at radius 3 is 2.95 bits per heavy atom. The molecule has 1 heterocycles. The highest BCUT2D eigenvalue weighted by Gasteiger charge is 2.42. The second-order valence-corrected chi connectivity index (χ2v) is 5.37. The van der Waals surface area contributed by atoms with E-state index in [0.717, 1.165) is 28.7 Å². The summed E-state index contributed by atoms with van der Waals surface area (Å²) in [5.41, 5.74) is 2.15. The summed E-state index contributed by atoms with van der Waals surface area (Å²) in [6.07, 6.45) is 2.79. The molecule has 5 nitrogen and oxygen atoms in total. The zero-order chi connectivity index (χ0) is 14.8. The minimum absolute atomic E-state index is 0.0692. The maximum Gasteiger partial charge on any atom is 0.137 e. The molecule has 112 valence electrons. The summed E-state index contributed by atoms with van der Waals surface area (Å²) in [5, 5.41) is 4.53. The molecular weight excluding hydrogens is 266 g/mol. The molecule has 0 aliphatic heterocycles. The van der Waals surface area contributed by atoms with Gasteiger partial charge in [-0.3, -0.25) is 0 Å². The minimum Gasteiger partial charge on any atom is -0.377 e. The quantitative estimate of drug-likeness (QED) is 0.916. The van der Waals surface area contributed by atoms with Crippen molar-refractivity contribution < 1.29 is 9.47 Å². The SMILES string of the molecule is CCOC1CC(Nc2ncnc3c(C)cccc23)C1OC. The van der Waals surface area contributed by atoms with Gasteiger partial charge in [0.25, 0.3) is 0 Å². The fourth-order valence-electron chi connectivity index (χ4n) is 2.94. The number of nitrogens with zero attached hydrogens (tertiary/aromatic N) is 2. The molecule has 0 saturated heterocycles. The zero-order valence-electron chi connectivity index (χ0n) is 12.7. The van der Waals surface area contributed by atoms with Gasteiger partial charge in [-0.15, -0.1) is 0 Å². The Hall–Kier alpha value is -1.72. The van der Waals surface area contributed by atoms with Crippen LogP contribution in [0.25, 0.3) is 10.9 Å². The van der Waals surface area contributed by atoms with Crippen molar-refractivity contribution in [1.82, 2.24) is 9.97 Å². The smallest absolute Gasteiger partial charge is 0.137 e. The predicted octanol–water partition coefficient (Wildman–Crippen LogP) is 2.54. The summed E-state index contributed by atoms with van der Waals surface area (Å²) in [7, 11) is 1.73. The minimum atomic E-state index is 0.0692. The summed E-state index contributed by atoms with van der Waals surface area (Å²) in [5.74, 6) is 0.866. The Morgan fingerprint density at radius 2 is 2.19 bits per heavy atom. The van der Waals surface area contributed by atoms with E-state index >= 15 is 0 Å². The Kier molecular flexibility index (Phi) is 4.03. The van der Waals surface area contributed by atoms with Gasteiger partial charge in [0.15, 0.2) is 0 Å². The number of ether oxygens (including phenoxy) is 2. The number of fused-ring (bicyclic) bond motifs is 1. The number of aromatic nitrogens is 2.